The van der Waals surface area contributed by atoms with E-state index in [4.69, 9.17) is 4.42 Å². The van der Waals surface area contributed by atoms with Crippen LogP contribution in [-0.2, 0) is 11.3 Å². The van der Waals surface area contributed by atoms with Crippen molar-refractivity contribution in [2.24, 2.45) is 0 Å². The Morgan fingerprint density at radius 2 is 1.78 bits per heavy atom. The van der Waals surface area contributed by atoms with E-state index >= 15 is 0 Å². The van der Waals surface area contributed by atoms with Gasteiger partial charge < -0.3 is 9.32 Å². The molecule has 7 nitrogen and oxygen atoms in total. The maximum absolute atomic E-state index is 12.9. The monoisotopic (exact) mass is 451 g/mol. The number of amides is 1. The molecule has 0 atom stereocenters. The second kappa shape index (κ2) is 9.92. The van der Waals surface area contributed by atoms with Gasteiger partial charge in [-0.25, -0.2) is 0 Å². The highest BCUT2D eigenvalue weighted by Crippen LogP contribution is 2.27. The number of rotatable bonds is 7. The summed E-state index contributed by atoms with van der Waals surface area (Å²) in [7, 11) is 0. The fourth-order valence-corrected chi connectivity index (χ4v) is 5.56. The van der Waals surface area contributed by atoms with Gasteiger partial charge in [0.2, 0.25) is 11.7 Å². The van der Waals surface area contributed by atoms with Crippen LogP contribution in [0.4, 0.5) is 0 Å². The van der Waals surface area contributed by atoms with Crippen LogP contribution in [0.15, 0.2) is 58.3 Å². The Kier molecular flexibility index (Phi) is 6.59. The topological polar surface area (TPSA) is 67.4 Å². The van der Waals surface area contributed by atoms with Crippen molar-refractivity contribution in [2.45, 2.75) is 43.4 Å². The number of benzene rings is 1. The van der Waals surface area contributed by atoms with E-state index in [1.807, 2.05) is 39.8 Å². The molecule has 2 aliphatic rings. The van der Waals surface area contributed by atoms with Crippen LogP contribution in [0.1, 0.15) is 31.2 Å². The molecular weight excluding hydrogens is 422 g/mol. The second-order valence-corrected chi connectivity index (χ2v) is 9.44. The van der Waals surface area contributed by atoms with Crippen LogP contribution >= 0.6 is 11.8 Å². The van der Waals surface area contributed by atoms with Gasteiger partial charge in [-0.15, -0.1) is 10.2 Å². The molecule has 0 radical (unpaired) electrons. The molecule has 1 aromatic carbocycles. The first kappa shape index (κ1) is 21.3. The van der Waals surface area contributed by atoms with Crippen LogP contribution in [0.25, 0.3) is 11.6 Å². The van der Waals surface area contributed by atoms with Crippen molar-refractivity contribution in [3.63, 3.8) is 0 Å². The van der Waals surface area contributed by atoms with Crippen LogP contribution in [0, 0.1) is 0 Å². The molecule has 2 fully saturated rings. The van der Waals surface area contributed by atoms with Gasteiger partial charge in [0.05, 0.1) is 18.6 Å². The van der Waals surface area contributed by atoms with Crippen LogP contribution < -0.4 is 0 Å². The Hall–Kier alpha value is -2.58. The number of hydrogen-bond acceptors (Lipinski definition) is 6. The number of piperazine rings is 1. The Labute approximate surface area is 192 Å². The predicted molar refractivity (Wildman–Crippen MR) is 124 cm³/mol. The van der Waals surface area contributed by atoms with Crippen molar-refractivity contribution in [2.75, 3.05) is 31.9 Å². The van der Waals surface area contributed by atoms with Gasteiger partial charge in [0.25, 0.3) is 0 Å². The van der Waals surface area contributed by atoms with Crippen molar-refractivity contribution in [3.8, 4) is 11.6 Å². The number of carbonyl (C=O) groups is 1. The molecule has 5 rings (SSSR count). The smallest absolute Gasteiger partial charge is 0.233 e. The van der Waals surface area contributed by atoms with Gasteiger partial charge in [-0.1, -0.05) is 54.9 Å². The highest BCUT2D eigenvalue weighted by Gasteiger charge is 2.28. The molecule has 2 aromatic heterocycles. The third kappa shape index (κ3) is 4.76. The molecular formula is C24H29N5O2S. The largest absolute Gasteiger partial charge is 0.461 e. The zero-order chi connectivity index (χ0) is 21.8. The molecule has 1 saturated carbocycles. The first-order chi connectivity index (χ1) is 15.8. The number of furan rings is 1. The fraction of sp³-hybridized carbons (Fsp3) is 0.458. The summed E-state index contributed by atoms with van der Waals surface area (Å²) in [4.78, 5) is 17.5. The van der Waals surface area contributed by atoms with E-state index in [2.05, 4.69) is 27.2 Å². The molecule has 0 N–H and O–H groups in total. The Balaban J connectivity index is 1.23. The average Bonchev–Trinajstić information content (AvgIpc) is 3.61. The van der Waals surface area contributed by atoms with Crippen molar-refractivity contribution in [3.05, 3.63) is 54.3 Å². The molecule has 0 unspecified atom stereocenters. The molecule has 3 heterocycles. The minimum Gasteiger partial charge on any atom is -0.461 e. The molecule has 3 aromatic rings. The second-order valence-electron chi connectivity index (χ2n) is 8.50. The summed E-state index contributed by atoms with van der Waals surface area (Å²) < 4.78 is 7.60. The summed E-state index contributed by atoms with van der Waals surface area (Å²) in [5.41, 5.74) is 1.15. The first-order valence-corrected chi connectivity index (χ1v) is 12.4. The van der Waals surface area contributed by atoms with E-state index in [9.17, 15) is 4.79 Å². The van der Waals surface area contributed by atoms with Gasteiger partial charge in [0, 0.05) is 32.2 Å². The van der Waals surface area contributed by atoms with Gasteiger partial charge >= 0.3 is 0 Å². The predicted octanol–water partition coefficient (Wildman–Crippen LogP) is 3.77. The van der Waals surface area contributed by atoms with Crippen molar-refractivity contribution in [1.29, 1.82) is 0 Å². The number of hydrogen-bond donors (Lipinski definition) is 0. The normalized spacial score (nSPS) is 17.8. The number of carbonyl (C=O) groups excluding carboxylic acids is 1. The molecule has 1 amide bonds. The van der Waals surface area contributed by atoms with Gasteiger partial charge in [-0.05, 0) is 30.5 Å². The fourth-order valence-electron chi connectivity index (χ4n) is 4.72. The lowest BCUT2D eigenvalue weighted by atomic mass is 10.2. The van der Waals surface area contributed by atoms with E-state index in [0.717, 1.165) is 42.9 Å². The van der Waals surface area contributed by atoms with E-state index < -0.39 is 0 Å². The van der Waals surface area contributed by atoms with Crippen LogP contribution in [0.2, 0.25) is 0 Å². The van der Waals surface area contributed by atoms with E-state index in [1.54, 1.807) is 6.26 Å². The summed E-state index contributed by atoms with van der Waals surface area (Å²) in [5.74, 6) is 1.90. The summed E-state index contributed by atoms with van der Waals surface area (Å²) in [6.45, 7) is 4.26. The van der Waals surface area contributed by atoms with Crippen molar-refractivity contribution >= 4 is 17.7 Å². The molecule has 1 saturated heterocycles. The SMILES string of the molecule is O=C(CSc1nnc(-c2ccco2)n1Cc1ccccc1)N1CCN(C2CCCC2)CC1. The van der Waals surface area contributed by atoms with Crippen LogP contribution in [0.3, 0.4) is 0 Å². The Morgan fingerprint density at radius 1 is 1.00 bits per heavy atom. The Bertz CT molecular complexity index is 1010. The summed E-state index contributed by atoms with van der Waals surface area (Å²) in [5, 5.41) is 9.49. The summed E-state index contributed by atoms with van der Waals surface area (Å²) in [6, 6.07) is 14.7. The van der Waals surface area contributed by atoms with Crippen molar-refractivity contribution < 1.29 is 9.21 Å². The lowest BCUT2D eigenvalue weighted by molar-refractivity contribution is -0.130. The third-order valence-corrected chi connectivity index (χ3v) is 7.43. The third-order valence-electron chi connectivity index (χ3n) is 6.47. The maximum atomic E-state index is 12.9. The highest BCUT2D eigenvalue weighted by molar-refractivity contribution is 7.99. The van der Waals surface area contributed by atoms with E-state index in [-0.39, 0.29) is 5.91 Å². The zero-order valence-electron chi connectivity index (χ0n) is 18.2. The first-order valence-electron chi connectivity index (χ1n) is 11.4. The van der Waals surface area contributed by atoms with Gasteiger partial charge in [-0.3, -0.25) is 14.3 Å². The Morgan fingerprint density at radius 3 is 2.50 bits per heavy atom. The highest BCUT2D eigenvalue weighted by atomic mass is 32.2. The van der Waals surface area contributed by atoms with Crippen LogP contribution in [0.5, 0.6) is 0 Å². The molecule has 0 spiro atoms. The lowest BCUT2D eigenvalue weighted by Crippen LogP contribution is -2.51. The van der Waals surface area contributed by atoms with Gasteiger partial charge in [-0.2, -0.15) is 0 Å². The standard InChI is InChI=1S/C24H29N5O2S/c30-22(28-14-12-27(13-15-28)20-9-4-5-10-20)18-32-24-26-25-23(21-11-6-16-31-21)29(24)17-19-7-2-1-3-8-19/h1-3,6-8,11,16,20H,4-5,9-10,12-15,17-18H2. The molecule has 1 aliphatic carbocycles. The van der Waals surface area contributed by atoms with Gasteiger partial charge in [0.15, 0.2) is 10.9 Å². The minimum absolute atomic E-state index is 0.176. The van der Waals surface area contributed by atoms with Crippen molar-refractivity contribution in [1.82, 2.24) is 24.6 Å². The number of nitrogens with zero attached hydrogens (tertiary/aromatic N) is 5. The number of aromatic nitrogens is 3. The minimum atomic E-state index is 0.176. The zero-order valence-corrected chi connectivity index (χ0v) is 19.0. The number of thioether (sulfide) groups is 1. The summed E-state index contributed by atoms with van der Waals surface area (Å²) in [6.07, 6.45) is 6.98. The van der Waals surface area contributed by atoms with E-state index in [0.29, 0.717) is 23.9 Å². The maximum Gasteiger partial charge on any atom is 0.233 e. The molecule has 1 aliphatic heterocycles. The van der Waals surface area contributed by atoms with Crippen LogP contribution in [-0.4, -0.2) is 68.4 Å². The molecule has 32 heavy (non-hydrogen) atoms. The quantitative estimate of drug-likeness (QED) is 0.510. The molecule has 0 bridgehead atoms. The lowest BCUT2D eigenvalue weighted by Gasteiger charge is -2.38. The van der Waals surface area contributed by atoms with E-state index in [1.165, 1.54) is 37.4 Å². The average molecular weight is 452 g/mol. The molecule has 8 heteroatoms. The summed E-state index contributed by atoms with van der Waals surface area (Å²) >= 11 is 1.46. The van der Waals surface area contributed by atoms with Gasteiger partial charge in [0.1, 0.15) is 0 Å². The molecule has 168 valence electrons.